The van der Waals surface area contributed by atoms with Gasteiger partial charge in [-0.15, -0.1) is 0 Å². The Hall–Kier alpha value is -2.11. The molecule has 0 aliphatic rings. The fraction of sp³-hybridized carbons (Fsp3) is 0.350. The number of aliphatic hydroxyl groups excluding tert-OH is 1. The predicted octanol–water partition coefficient (Wildman–Crippen LogP) is 2.96. The van der Waals surface area contributed by atoms with Crippen LogP contribution in [-0.4, -0.2) is 32.2 Å². The fourth-order valence-electron chi connectivity index (χ4n) is 2.45. The Kier molecular flexibility index (Phi) is 6.79. The van der Waals surface area contributed by atoms with E-state index in [-0.39, 0.29) is 12.5 Å². The molecule has 0 aromatic heterocycles. The van der Waals surface area contributed by atoms with Crippen molar-refractivity contribution < 1.29 is 9.90 Å². The molecule has 0 saturated carbocycles. The van der Waals surface area contributed by atoms with Crippen LogP contribution in [-0.2, 0) is 6.54 Å². The molecule has 5 heteroatoms. The maximum atomic E-state index is 11.9. The third-order valence-electron chi connectivity index (χ3n) is 4.08. The molecular weight excluding hydrogens is 328 g/mol. The van der Waals surface area contributed by atoms with Crippen molar-refractivity contribution in [3.8, 4) is 0 Å². The first-order chi connectivity index (χ1) is 11.9. The summed E-state index contributed by atoms with van der Waals surface area (Å²) in [5, 5.41) is 16.4. The van der Waals surface area contributed by atoms with E-state index in [4.69, 9.17) is 5.11 Å². The number of rotatable bonds is 8. The summed E-state index contributed by atoms with van der Waals surface area (Å²) in [6.45, 7) is 8.38. The van der Waals surface area contributed by atoms with E-state index in [1.165, 1.54) is 10.8 Å². The molecule has 0 atom stereocenters. The van der Waals surface area contributed by atoms with E-state index in [0.29, 0.717) is 18.5 Å². The van der Waals surface area contributed by atoms with E-state index in [2.05, 4.69) is 54.5 Å². The molecule has 0 aliphatic heterocycles. The van der Waals surface area contributed by atoms with E-state index < -0.39 is 8.07 Å². The lowest BCUT2D eigenvalue weighted by Crippen LogP contribution is -2.37. The zero-order chi connectivity index (χ0) is 18.3. The summed E-state index contributed by atoms with van der Waals surface area (Å²) in [6, 6.07) is 16.3. The molecule has 2 rings (SSSR count). The predicted molar refractivity (Wildman–Crippen MR) is 107 cm³/mol. The average Bonchev–Trinajstić information content (AvgIpc) is 2.60. The van der Waals surface area contributed by atoms with Crippen LogP contribution >= 0.6 is 0 Å². The van der Waals surface area contributed by atoms with Gasteiger partial charge in [-0.1, -0.05) is 49.1 Å². The van der Waals surface area contributed by atoms with Crippen LogP contribution in [0.2, 0.25) is 19.6 Å². The van der Waals surface area contributed by atoms with Gasteiger partial charge in [0.05, 0.1) is 8.07 Å². The molecule has 0 spiro atoms. The summed E-state index contributed by atoms with van der Waals surface area (Å²) in [7, 11) is -1.24. The second kappa shape index (κ2) is 8.83. The Morgan fingerprint density at radius 1 is 1.00 bits per heavy atom. The molecule has 4 nitrogen and oxygen atoms in total. The Balaban J connectivity index is 1.88. The molecule has 3 N–H and O–H groups in total. The minimum atomic E-state index is -1.24. The summed E-state index contributed by atoms with van der Waals surface area (Å²) < 4.78 is 0. The van der Waals surface area contributed by atoms with E-state index in [1.54, 1.807) is 0 Å². The average molecular weight is 357 g/mol. The van der Waals surface area contributed by atoms with Crippen molar-refractivity contribution in [1.29, 1.82) is 0 Å². The number of hydrogen-bond donors (Lipinski definition) is 3. The maximum Gasteiger partial charge on any atom is 0.251 e. The van der Waals surface area contributed by atoms with Gasteiger partial charge in [-0.2, -0.15) is 0 Å². The molecule has 0 radical (unpaired) electrons. The number of aliphatic hydroxyl groups is 1. The molecule has 25 heavy (non-hydrogen) atoms. The van der Waals surface area contributed by atoms with Gasteiger partial charge in [-0.25, -0.2) is 0 Å². The van der Waals surface area contributed by atoms with E-state index >= 15 is 0 Å². The summed E-state index contributed by atoms with van der Waals surface area (Å²) >= 11 is 0. The second-order valence-corrected chi connectivity index (χ2v) is 12.3. The maximum absolute atomic E-state index is 11.9. The highest BCUT2D eigenvalue weighted by Crippen LogP contribution is 2.12. The van der Waals surface area contributed by atoms with Crippen molar-refractivity contribution in [2.75, 3.05) is 18.5 Å². The first kappa shape index (κ1) is 19.2. The van der Waals surface area contributed by atoms with Crippen LogP contribution in [0.25, 0.3) is 0 Å². The van der Waals surface area contributed by atoms with Gasteiger partial charge >= 0.3 is 0 Å². The van der Waals surface area contributed by atoms with Gasteiger partial charge in [0.2, 0.25) is 0 Å². The van der Waals surface area contributed by atoms with Gasteiger partial charge in [0.15, 0.2) is 0 Å². The van der Waals surface area contributed by atoms with Gasteiger partial charge in [0.1, 0.15) is 0 Å². The zero-order valence-corrected chi connectivity index (χ0v) is 16.3. The SMILES string of the molecule is C[Si](C)(C)c1ccc(CNc2ccc(C(=O)NCCCO)cc2)cc1. The minimum Gasteiger partial charge on any atom is -0.396 e. The minimum absolute atomic E-state index is 0.0854. The normalized spacial score (nSPS) is 11.2. The number of benzene rings is 2. The molecule has 0 bridgehead atoms. The van der Waals surface area contributed by atoms with Crippen molar-refractivity contribution in [2.45, 2.75) is 32.6 Å². The number of nitrogens with one attached hydrogen (secondary N) is 2. The topological polar surface area (TPSA) is 61.4 Å². The van der Waals surface area contributed by atoms with Crippen LogP contribution < -0.4 is 15.8 Å². The van der Waals surface area contributed by atoms with Gasteiger partial charge in [0.25, 0.3) is 5.91 Å². The molecule has 0 heterocycles. The van der Waals surface area contributed by atoms with Gasteiger partial charge < -0.3 is 15.7 Å². The van der Waals surface area contributed by atoms with Crippen molar-refractivity contribution in [1.82, 2.24) is 5.32 Å². The number of hydrogen-bond acceptors (Lipinski definition) is 3. The standard InChI is InChI=1S/C20H28N2O2Si/c1-25(2,3)19-11-5-16(6-12-19)15-22-18-9-7-17(8-10-18)20(24)21-13-4-14-23/h5-12,22-23H,4,13-15H2,1-3H3,(H,21,24). The summed E-state index contributed by atoms with van der Waals surface area (Å²) in [4.78, 5) is 11.9. The third-order valence-corrected chi connectivity index (χ3v) is 6.15. The Morgan fingerprint density at radius 3 is 2.20 bits per heavy atom. The Labute approximate surface area is 151 Å². The highest BCUT2D eigenvalue weighted by molar-refractivity contribution is 6.88. The van der Waals surface area contributed by atoms with E-state index in [0.717, 1.165) is 12.2 Å². The largest absolute Gasteiger partial charge is 0.396 e. The fourth-order valence-corrected chi connectivity index (χ4v) is 3.62. The summed E-state index contributed by atoms with van der Waals surface area (Å²) in [6.07, 6.45) is 0.571. The van der Waals surface area contributed by atoms with E-state index in [9.17, 15) is 4.79 Å². The molecule has 134 valence electrons. The lowest BCUT2D eigenvalue weighted by atomic mass is 10.1. The number of carbonyl (C=O) groups is 1. The lowest BCUT2D eigenvalue weighted by Gasteiger charge is -2.17. The van der Waals surface area contributed by atoms with Crippen LogP contribution in [0.4, 0.5) is 5.69 Å². The zero-order valence-electron chi connectivity index (χ0n) is 15.3. The van der Waals surface area contributed by atoms with Crippen molar-refractivity contribution in [3.63, 3.8) is 0 Å². The monoisotopic (exact) mass is 356 g/mol. The van der Waals surface area contributed by atoms with Crippen LogP contribution in [0, 0.1) is 0 Å². The highest BCUT2D eigenvalue weighted by atomic mass is 28.3. The first-order valence-electron chi connectivity index (χ1n) is 8.72. The third kappa shape index (κ3) is 6.03. The quantitative estimate of drug-likeness (QED) is 0.503. The van der Waals surface area contributed by atoms with Crippen LogP contribution in [0.5, 0.6) is 0 Å². The molecule has 2 aromatic rings. The van der Waals surface area contributed by atoms with Crippen LogP contribution in [0.3, 0.4) is 0 Å². The van der Waals surface area contributed by atoms with Gasteiger partial charge in [-0.05, 0) is 36.2 Å². The summed E-state index contributed by atoms with van der Waals surface area (Å²) in [5.74, 6) is -0.109. The molecule has 0 aliphatic carbocycles. The Morgan fingerprint density at radius 2 is 1.64 bits per heavy atom. The molecule has 2 aromatic carbocycles. The second-order valence-electron chi connectivity index (χ2n) is 7.21. The van der Waals surface area contributed by atoms with Crippen molar-refractivity contribution in [2.24, 2.45) is 0 Å². The molecule has 0 unspecified atom stereocenters. The molecule has 0 saturated heterocycles. The number of amides is 1. The molecule has 0 fully saturated rings. The molecular formula is C20H28N2O2Si. The smallest absolute Gasteiger partial charge is 0.251 e. The first-order valence-corrected chi connectivity index (χ1v) is 12.2. The Bertz CT molecular complexity index is 676. The highest BCUT2D eigenvalue weighted by Gasteiger charge is 2.15. The molecule has 1 amide bonds. The summed E-state index contributed by atoms with van der Waals surface area (Å²) in [5.41, 5.74) is 2.86. The van der Waals surface area contributed by atoms with Crippen molar-refractivity contribution in [3.05, 3.63) is 59.7 Å². The lowest BCUT2D eigenvalue weighted by molar-refractivity contribution is 0.0951. The van der Waals surface area contributed by atoms with Crippen molar-refractivity contribution >= 4 is 24.9 Å². The number of carbonyl (C=O) groups excluding carboxylic acids is 1. The number of anilines is 1. The van der Waals surface area contributed by atoms with E-state index in [1.807, 2.05) is 24.3 Å². The van der Waals surface area contributed by atoms with Gasteiger partial charge in [-0.3, -0.25) is 4.79 Å². The van der Waals surface area contributed by atoms with Crippen LogP contribution in [0.1, 0.15) is 22.3 Å². The van der Waals surface area contributed by atoms with Crippen LogP contribution in [0.15, 0.2) is 48.5 Å². The van der Waals surface area contributed by atoms with Gasteiger partial charge in [0, 0.05) is 30.9 Å².